The summed E-state index contributed by atoms with van der Waals surface area (Å²) in [6.45, 7) is 1.64. The van der Waals surface area contributed by atoms with Gasteiger partial charge in [0.25, 0.3) is 0 Å². The van der Waals surface area contributed by atoms with Gasteiger partial charge in [0.1, 0.15) is 11.5 Å². The zero-order valence-corrected chi connectivity index (χ0v) is 9.79. The van der Waals surface area contributed by atoms with E-state index in [-0.39, 0.29) is 5.75 Å². The summed E-state index contributed by atoms with van der Waals surface area (Å²) in [7, 11) is 4.05. The first-order valence-electron chi connectivity index (χ1n) is 4.85. The van der Waals surface area contributed by atoms with Gasteiger partial charge in [0.2, 0.25) is 0 Å². The third kappa shape index (κ3) is 4.40. The number of phenols is 1. The molecule has 0 spiro atoms. The van der Waals surface area contributed by atoms with Crippen molar-refractivity contribution < 1.29 is 9.84 Å². The average Bonchev–Trinajstić information content (AvgIpc) is 2.18. The summed E-state index contributed by atoms with van der Waals surface area (Å²) < 4.78 is 5.47. The predicted molar refractivity (Wildman–Crippen MR) is 61.8 cm³/mol. The molecule has 0 unspecified atom stereocenters. The number of rotatable bonds is 5. The van der Waals surface area contributed by atoms with Crippen molar-refractivity contribution in [1.29, 1.82) is 0 Å². The number of halogens is 1. The Hall–Kier alpha value is -0.930. The normalized spacial score (nSPS) is 10.7. The fourth-order valence-electron chi connectivity index (χ4n) is 1.15. The van der Waals surface area contributed by atoms with Crippen molar-refractivity contribution in [2.24, 2.45) is 0 Å². The number of benzene rings is 1. The van der Waals surface area contributed by atoms with Gasteiger partial charge in [0.15, 0.2) is 0 Å². The van der Waals surface area contributed by atoms with Crippen molar-refractivity contribution in [3.8, 4) is 11.5 Å². The van der Waals surface area contributed by atoms with E-state index in [1.807, 2.05) is 14.1 Å². The monoisotopic (exact) mass is 229 g/mol. The Kier molecular flexibility index (Phi) is 4.72. The zero-order chi connectivity index (χ0) is 11.3. The van der Waals surface area contributed by atoms with Crippen LogP contribution < -0.4 is 4.74 Å². The standard InChI is InChI=1S/C11H16ClNO2/c1-13(2)6-3-7-15-9-4-5-11(14)10(12)8-9/h4-5,8,14H,3,6-7H2,1-2H3. The molecule has 0 heterocycles. The van der Waals surface area contributed by atoms with E-state index in [1.165, 1.54) is 6.07 Å². The maximum absolute atomic E-state index is 9.19. The number of hydrogen-bond donors (Lipinski definition) is 1. The molecule has 1 aromatic rings. The van der Waals surface area contributed by atoms with Crippen molar-refractivity contribution in [3.05, 3.63) is 23.2 Å². The van der Waals surface area contributed by atoms with Crippen molar-refractivity contribution in [1.82, 2.24) is 4.90 Å². The SMILES string of the molecule is CN(C)CCCOc1ccc(O)c(Cl)c1. The second kappa shape index (κ2) is 5.83. The Morgan fingerprint density at radius 1 is 1.40 bits per heavy atom. The number of phenolic OH excluding ortho intramolecular Hbond substituents is 1. The van der Waals surface area contributed by atoms with E-state index in [0.29, 0.717) is 17.4 Å². The lowest BCUT2D eigenvalue weighted by atomic mass is 10.3. The van der Waals surface area contributed by atoms with Crippen LogP contribution in [0.4, 0.5) is 0 Å². The van der Waals surface area contributed by atoms with Crippen LogP contribution in [0.25, 0.3) is 0 Å². The molecule has 4 heteroatoms. The highest BCUT2D eigenvalue weighted by atomic mass is 35.5. The molecule has 0 aliphatic carbocycles. The quantitative estimate of drug-likeness (QED) is 0.787. The Morgan fingerprint density at radius 3 is 2.73 bits per heavy atom. The van der Waals surface area contributed by atoms with Crippen molar-refractivity contribution in [2.75, 3.05) is 27.2 Å². The highest BCUT2D eigenvalue weighted by Crippen LogP contribution is 2.27. The summed E-state index contributed by atoms with van der Waals surface area (Å²) in [6, 6.07) is 4.85. The molecule has 1 N–H and O–H groups in total. The molecule has 0 aliphatic rings. The summed E-state index contributed by atoms with van der Waals surface area (Å²) >= 11 is 5.74. The Morgan fingerprint density at radius 2 is 2.13 bits per heavy atom. The van der Waals surface area contributed by atoms with Gasteiger partial charge in [0, 0.05) is 12.6 Å². The molecule has 0 amide bonds. The molecule has 0 saturated carbocycles. The molecular weight excluding hydrogens is 214 g/mol. The highest BCUT2D eigenvalue weighted by Gasteiger charge is 2.00. The second-order valence-corrected chi connectivity index (χ2v) is 4.03. The van der Waals surface area contributed by atoms with Crippen LogP contribution in [0.5, 0.6) is 11.5 Å². The van der Waals surface area contributed by atoms with Gasteiger partial charge in [-0.05, 0) is 32.6 Å². The van der Waals surface area contributed by atoms with Crippen LogP contribution >= 0.6 is 11.6 Å². The maximum atomic E-state index is 9.19. The molecule has 0 saturated heterocycles. The van der Waals surface area contributed by atoms with Gasteiger partial charge in [-0.25, -0.2) is 0 Å². The molecule has 0 aromatic heterocycles. The summed E-state index contributed by atoms with van der Waals surface area (Å²) in [5, 5.41) is 9.51. The van der Waals surface area contributed by atoms with Crippen LogP contribution in [0.15, 0.2) is 18.2 Å². The Bertz CT molecular complexity index is 315. The molecule has 0 aliphatic heterocycles. The summed E-state index contributed by atoms with van der Waals surface area (Å²) in [6.07, 6.45) is 0.964. The van der Waals surface area contributed by atoms with Gasteiger partial charge in [-0.1, -0.05) is 11.6 Å². The Labute approximate surface area is 95.2 Å². The largest absolute Gasteiger partial charge is 0.506 e. The van der Waals surface area contributed by atoms with Crippen molar-refractivity contribution in [2.45, 2.75) is 6.42 Å². The molecule has 1 rings (SSSR count). The third-order valence-corrected chi connectivity index (χ3v) is 2.24. The molecule has 0 bridgehead atoms. The number of hydrogen-bond acceptors (Lipinski definition) is 3. The molecule has 84 valence electrons. The Balaban J connectivity index is 2.35. The lowest BCUT2D eigenvalue weighted by Crippen LogP contribution is -2.15. The summed E-state index contributed by atoms with van der Waals surface area (Å²) in [4.78, 5) is 2.10. The molecule has 0 atom stereocenters. The average molecular weight is 230 g/mol. The topological polar surface area (TPSA) is 32.7 Å². The first-order chi connectivity index (χ1) is 7.09. The van der Waals surface area contributed by atoms with Crippen LogP contribution in [-0.4, -0.2) is 37.3 Å². The number of aromatic hydroxyl groups is 1. The van der Waals surface area contributed by atoms with E-state index in [4.69, 9.17) is 16.3 Å². The number of nitrogens with zero attached hydrogens (tertiary/aromatic N) is 1. The van der Waals surface area contributed by atoms with E-state index in [2.05, 4.69) is 4.90 Å². The minimum atomic E-state index is 0.0808. The highest BCUT2D eigenvalue weighted by molar-refractivity contribution is 6.32. The first kappa shape index (κ1) is 12.1. The molecule has 1 aromatic carbocycles. The second-order valence-electron chi connectivity index (χ2n) is 3.62. The predicted octanol–water partition coefficient (Wildman–Crippen LogP) is 2.38. The van der Waals surface area contributed by atoms with E-state index >= 15 is 0 Å². The molecule has 3 nitrogen and oxygen atoms in total. The van der Waals surface area contributed by atoms with Gasteiger partial charge in [-0.2, -0.15) is 0 Å². The van der Waals surface area contributed by atoms with Crippen LogP contribution in [-0.2, 0) is 0 Å². The van der Waals surface area contributed by atoms with Crippen LogP contribution in [0.2, 0.25) is 5.02 Å². The fourth-order valence-corrected chi connectivity index (χ4v) is 1.32. The van der Waals surface area contributed by atoms with Crippen molar-refractivity contribution in [3.63, 3.8) is 0 Å². The first-order valence-corrected chi connectivity index (χ1v) is 5.23. The van der Waals surface area contributed by atoms with Crippen LogP contribution in [0, 0.1) is 0 Å². The van der Waals surface area contributed by atoms with Crippen molar-refractivity contribution >= 4 is 11.6 Å². The summed E-state index contributed by atoms with van der Waals surface area (Å²) in [5.41, 5.74) is 0. The maximum Gasteiger partial charge on any atom is 0.134 e. The van der Waals surface area contributed by atoms with Gasteiger partial charge in [-0.3, -0.25) is 0 Å². The fraction of sp³-hybridized carbons (Fsp3) is 0.455. The minimum Gasteiger partial charge on any atom is -0.506 e. The van der Waals surface area contributed by atoms with Gasteiger partial charge >= 0.3 is 0 Å². The van der Waals surface area contributed by atoms with Gasteiger partial charge in [-0.15, -0.1) is 0 Å². The lowest BCUT2D eigenvalue weighted by molar-refractivity contribution is 0.281. The zero-order valence-electron chi connectivity index (χ0n) is 9.03. The smallest absolute Gasteiger partial charge is 0.134 e. The van der Waals surface area contributed by atoms with E-state index in [0.717, 1.165) is 13.0 Å². The van der Waals surface area contributed by atoms with Gasteiger partial charge < -0.3 is 14.7 Å². The van der Waals surface area contributed by atoms with Crippen LogP contribution in [0.3, 0.4) is 0 Å². The molecular formula is C11H16ClNO2. The third-order valence-electron chi connectivity index (χ3n) is 1.94. The van der Waals surface area contributed by atoms with Crippen LogP contribution in [0.1, 0.15) is 6.42 Å². The number of ether oxygens (including phenoxy) is 1. The van der Waals surface area contributed by atoms with E-state index in [1.54, 1.807) is 12.1 Å². The van der Waals surface area contributed by atoms with Gasteiger partial charge in [0.05, 0.1) is 11.6 Å². The van der Waals surface area contributed by atoms with E-state index < -0.39 is 0 Å². The van der Waals surface area contributed by atoms with E-state index in [9.17, 15) is 5.11 Å². The lowest BCUT2D eigenvalue weighted by Gasteiger charge is -2.10. The molecule has 15 heavy (non-hydrogen) atoms. The minimum absolute atomic E-state index is 0.0808. The summed E-state index contributed by atoms with van der Waals surface area (Å²) in [5.74, 6) is 0.772. The molecule has 0 radical (unpaired) electrons. The molecule has 0 fully saturated rings.